The molecule has 0 fully saturated rings. The normalized spacial score (nSPS) is 11.0. The Bertz CT molecular complexity index is 576. The zero-order chi connectivity index (χ0) is 10.3. The van der Waals surface area contributed by atoms with Gasteiger partial charge >= 0.3 is 0 Å². The lowest BCUT2D eigenvalue weighted by molar-refractivity contribution is 1.26. The number of aromatic amines is 1. The maximum atomic E-state index is 4.50. The van der Waals surface area contributed by atoms with Gasteiger partial charge in [-0.25, -0.2) is 9.97 Å². The van der Waals surface area contributed by atoms with Crippen LogP contribution in [-0.4, -0.2) is 15.0 Å². The number of nitrogens with zero attached hydrogens (tertiary/aromatic N) is 2. The molecule has 0 unspecified atom stereocenters. The molecule has 0 aliphatic carbocycles. The topological polar surface area (TPSA) is 41.6 Å². The average Bonchev–Trinajstić information content (AvgIpc) is 2.82. The van der Waals surface area contributed by atoms with E-state index in [-0.39, 0.29) is 0 Å². The molecule has 74 valence electrons. The van der Waals surface area contributed by atoms with Crippen LogP contribution in [0.4, 0.5) is 0 Å². The van der Waals surface area contributed by atoms with E-state index in [0.29, 0.717) is 0 Å². The van der Waals surface area contributed by atoms with Crippen LogP contribution >= 0.6 is 11.3 Å². The lowest BCUT2D eigenvalue weighted by Crippen LogP contribution is -1.81. The zero-order valence-electron chi connectivity index (χ0n) is 8.19. The third kappa shape index (κ3) is 1.34. The number of H-pyrrole nitrogens is 1. The lowest BCUT2D eigenvalue weighted by Gasteiger charge is -1.90. The molecule has 0 aliphatic heterocycles. The van der Waals surface area contributed by atoms with Gasteiger partial charge in [0, 0.05) is 4.88 Å². The third-order valence-corrected chi connectivity index (χ3v) is 3.12. The van der Waals surface area contributed by atoms with Crippen LogP contribution in [0.5, 0.6) is 0 Å². The molecule has 1 N–H and O–H groups in total. The van der Waals surface area contributed by atoms with E-state index >= 15 is 0 Å². The van der Waals surface area contributed by atoms with Crippen molar-refractivity contribution in [2.75, 3.05) is 0 Å². The molecule has 0 amide bonds. The Hall–Kier alpha value is -1.68. The minimum Gasteiger partial charge on any atom is -0.337 e. The van der Waals surface area contributed by atoms with Gasteiger partial charge < -0.3 is 4.98 Å². The highest BCUT2D eigenvalue weighted by Crippen LogP contribution is 2.24. The van der Waals surface area contributed by atoms with Gasteiger partial charge in [0.05, 0.1) is 16.5 Å². The first-order valence-electron chi connectivity index (χ1n) is 4.70. The zero-order valence-corrected chi connectivity index (χ0v) is 9.01. The molecule has 1 aromatic carbocycles. The molecule has 0 aliphatic rings. The maximum Gasteiger partial charge on any atom is 0.158 e. The number of nitrogens with one attached hydrogen (secondary N) is 1. The first kappa shape index (κ1) is 8.61. The van der Waals surface area contributed by atoms with Crippen LogP contribution in [0.25, 0.3) is 22.6 Å². The maximum absolute atomic E-state index is 4.50. The third-order valence-electron chi connectivity index (χ3n) is 2.36. The fourth-order valence-corrected chi connectivity index (χ4v) is 2.17. The van der Waals surface area contributed by atoms with Gasteiger partial charge in [0.1, 0.15) is 5.69 Å². The fraction of sp³-hybridized carbons (Fsp3) is 0.0909. The molecule has 2 aromatic heterocycles. The van der Waals surface area contributed by atoms with Crippen LogP contribution in [-0.2, 0) is 0 Å². The largest absolute Gasteiger partial charge is 0.337 e. The molecule has 0 bridgehead atoms. The monoisotopic (exact) mass is 215 g/mol. The quantitative estimate of drug-likeness (QED) is 0.678. The first-order chi connectivity index (χ1) is 7.34. The number of aryl methyl sites for hydroxylation is 1. The van der Waals surface area contributed by atoms with Crippen LogP contribution < -0.4 is 0 Å². The van der Waals surface area contributed by atoms with Gasteiger partial charge in [0.25, 0.3) is 0 Å². The van der Waals surface area contributed by atoms with E-state index in [1.54, 1.807) is 11.3 Å². The number of benzene rings is 1. The Morgan fingerprint density at radius 1 is 1.27 bits per heavy atom. The van der Waals surface area contributed by atoms with E-state index in [1.807, 2.05) is 29.8 Å². The molecule has 2 heterocycles. The molecule has 0 spiro atoms. The molecule has 4 heteroatoms. The number of aromatic nitrogens is 3. The molecule has 15 heavy (non-hydrogen) atoms. The van der Waals surface area contributed by atoms with Crippen molar-refractivity contribution in [3.63, 3.8) is 0 Å². The summed E-state index contributed by atoms with van der Waals surface area (Å²) in [5.74, 6) is 0.856. The van der Waals surface area contributed by atoms with Crippen molar-refractivity contribution in [1.82, 2.24) is 15.0 Å². The molecule has 0 atom stereocenters. The van der Waals surface area contributed by atoms with E-state index in [1.165, 1.54) is 4.88 Å². The van der Waals surface area contributed by atoms with Gasteiger partial charge in [-0.15, -0.1) is 11.3 Å². The van der Waals surface area contributed by atoms with E-state index < -0.39 is 0 Å². The van der Waals surface area contributed by atoms with Crippen molar-refractivity contribution in [3.05, 3.63) is 34.7 Å². The van der Waals surface area contributed by atoms with Crippen LogP contribution in [0.2, 0.25) is 0 Å². The van der Waals surface area contributed by atoms with Gasteiger partial charge in [-0.2, -0.15) is 0 Å². The molecule has 3 nitrogen and oxygen atoms in total. The number of para-hydroxylation sites is 2. The number of hydrogen-bond acceptors (Lipinski definition) is 3. The van der Waals surface area contributed by atoms with Crippen LogP contribution in [0.3, 0.4) is 0 Å². The predicted octanol–water partition coefficient (Wildman–Crippen LogP) is 2.99. The van der Waals surface area contributed by atoms with Gasteiger partial charge in [-0.1, -0.05) is 12.1 Å². The van der Waals surface area contributed by atoms with Crippen LogP contribution in [0, 0.1) is 6.92 Å². The van der Waals surface area contributed by atoms with E-state index in [4.69, 9.17) is 0 Å². The summed E-state index contributed by atoms with van der Waals surface area (Å²) in [6.45, 7) is 2.06. The van der Waals surface area contributed by atoms with Crippen LogP contribution in [0.1, 0.15) is 4.88 Å². The summed E-state index contributed by atoms with van der Waals surface area (Å²) in [7, 11) is 0. The summed E-state index contributed by atoms with van der Waals surface area (Å²) >= 11 is 1.64. The van der Waals surface area contributed by atoms with Gasteiger partial charge in [0.15, 0.2) is 5.82 Å². The molecule has 0 saturated carbocycles. The van der Waals surface area contributed by atoms with Crippen molar-refractivity contribution >= 4 is 22.4 Å². The van der Waals surface area contributed by atoms with Crippen LogP contribution in [0.15, 0.2) is 29.8 Å². The SMILES string of the molecule is Cc1scnc1-c1nc2ccccc2[nH]1. The Morgan fingerprint density at radius 2 is 2.13 bits per heavy atom. The second-order valence-electron chi connectivity index (χ2n) is 3.36. The molecule has 0 radical (unpaired) electrons. The van der Waals surface area contributed by atoms with Gasteiger partial charge in [-0.05, 0) is 19.1 Å². The summed E-state index contributed by atoms with van der Waals surface area (Å²) in [5, 5.41) is 0. The second-order valence-corrected chi connectivity index (χ2v) is 4.42. The Kier molecular flexibility index (Phi) is 1.82. The highest BCUT2D eigenvalue weighted by Gasteiger charge is 2.09. The predicted molar refractivity (Wildman–Crippen MR) is 61.9 cm³/mol. The van der Waals surface area contributed by atoms with E-state index in [9.17, 15) is 0 Å². The minimum absolute atomic E-state index is 0.856. The standard InChI is InChI=1S/C11H9N3S/c1-7-10(12-6-15-7)11-13-8-4-2-3-5-9(8)14-11/h2-6H,1H3,(H,13,14). The molecule has 3 rings (SSSR count). The number of imidazole rings is 1. The summed E-state index contributed by atoms with van der Waals surface area (Å²) in [4.78, 5) is 13.3. The van der Waals surface area contributed by atoms with E-state index in [2.05, 4.69) is 21.9 Å². The Labute approximate surface area is 90.8 Å². The molecular formula is C11H9N3S. The Balaban J connectivity index is 2.24. The van der Waals surface area contributed by atoms with Crippen molar-refractivity contribution < 1.29 is 0 Å². The number of hydrogen-bond donors (Lipinski definition) is 1. The minimum atomic E-state index is 0.856. The van der Waals surface area contributed by atoms with Crippen molar-refractivity contribution in [2.45, 2.75) is 6.92 Å². The van der Waals surface area contributed by atoms with Crippen molar-refractivity contribution in [1.29, 1.82) is 0 Å². The smallest absolute Gasteiger partial charge is 0.158 e. The first-order valence-corrected chi connectivity index (χ1v) is 5.58. The summed E-state index contributed by atoms with van der Waals surface area (Å²) < 4.78 is 0. The molecular weight excluding hydrogens is 206 g/mol. The molecule has 3 aromatic rings. The van der Waals surface area contributed by atoms with E-state index in [0.717, 1.165) is 22.6 Å². The Morgan fingerprint density at radius 3 is 2.87 bits per heavy atom. The highest BCUT2D eigenvalue weighted by atomic mass is 32.1. The average molecular weight is 215 g/mol. The second kappa shape index (κ2) is 3.17. The van der Waals surface area contributed by atoms with Gasteiger partial charge in [0.2, 0.25) is 0 Å². The molecule has 0 saturated heterocycles. The number of thiazole rings is 1. The summed E-state index contributed by atoms with van der Waals surface area (Å²) in [5.41, 5.74) is 4.84. The number of fused-ring (bicyclic) bond motifs is 1. The highest BCUT2D eigenvalue weighted by molar-refractivity contribution is 7.10. The number of rotatable bonds is 1. The van der Waals surface area contributed by atoms with Crippen molar-refractivity contribution in [3.8, 4) is 11.5 Å². The fourth-order valence-electron chi connectivity index (χ4n) is 1.60. The lowest BCUT2D eigenvalue weighted by atomic mass is 10.3. The van der Waals surface area contributed by atoms with Crippen molar-refractivity contribution in [2.24, 2.45) is 0 Å². The van der Waals surface area contributed by atoms with Gasteiger partial charge in [-0.3, -0.25) is 0 Å². The summed E-state index contributed by atoms with van der Waals surface area (Å²) in [6.07, 6.45) is 0. The summed E-state index contributed by atoms with van der Waals surface area (Å²) in [6, 6.07) is 8.00.